The number of benzene rings is 1. The standard InChI is InChI=1S/C20H19N7O/c1-13-11-26(20(28)16-8-7-15-10-21-25-19(15)22-16)12-18-24-23-17(27(13)18)9-14-5-3-2-4-6-14/h2-8,10,13H,9,11-12H2,1H3,(H,21,22,25)/t13-/m0/s1. The summed E-state index contributed by atoms with van der Waals surface area (Å²) in [5, 5.41) is 16.4. The smallest absolute Gasteiger partial charge is 0.273 e. The van der Waals surface area contributed by atoms with Crippen LogP contribution in [0.15, 0.2) is 48.7 Å². The molecule has 140 valence electrons. The van der Waals surface area contributed by atoms with Crippen LogP contribution in [0.25, 0.3) is 11.0 Å². The van der Waals surface area contributed by atoms with Crippen LogP contribution in [0.5, 0.6) is 0 Å². The van der Waals surface area contributed by atoms with Gasteiger partial charge >= 0.3 is 0 Å². The summed E-state index contributed by atoms with van der Waals surface area (Å²) in [4.78, 5) is 19.2. The Bertz CT molecular complexity index is 1150. The maximum Gasteiger partial charge on any atom is 0.273 e. The van der Waals surface area contributed by atoms with Gasteiger partial charge in [-0.25, -0.2) is 4.98 Å². The van der Waals surface area contributed by atoms with Crippen molar-refractivity contribution in [2.24, 2.45) is 0 Å². The van der Waals surface area contributed by atoms with Crippen LogP contribution in [-0.2, 0) is 13.0 Å². The lowest BCUT2D eigenvalue weighted by Gasteiger charge is -2.32. The van der Waals surface area contributed by atoms with Crippen molar-refractivity contribution >= 4 is 16.9 Å². The molecule has 0 unspecified atom stereocenters. The van der Waals surface area contributed by atoms with E-state index in [2.05, 4.69) is 49.0 Å². The minimum atomic E-state index is -0.109. The molecule has 1 aliphatic heterocycles. The molecule has 5 rings (SSSR count). The average molecular weight is 373 g/mol. The highest BCUT2D eigenvalue weighted by molar-refractivity contribution is 5.94. The van der Waals surface area contributed by atoms with Gasteiger partial charge in [-0.1, -0.05) is 30.3 Å². The van der Waals surface area contributed by atoms with E-state index >= 15 is 0 Å². The fourth-order valence-electron chi connectivity index (χ4n) is 3.77. The number of amides is 1. The van der Waals surface area contributed by atoms with Crippen LogP contribution in [0.4, 0.5) is 0 Å². The fourth-order valence-corrected chi connectivity index (χ4v) is 3.77. The molecule has 4 aromatic rings. The third-order valence-corrected chi connectivity index (χ3v) is 5.11. The first kappa shape index (κ1) is 16.6. The molecule has 0 spiro atoms. The maximum atomic E-state index is 13.0. The average Bonchev–Trinajstić information content (AvgIpc) is 3.35. The summed E-state index contributed by atoms with van der Waals surface area (Å²) in [6.07, 6.45) is 2.42. The zero-order chi connectivity index (χ0) is 19.1. The van der Waals surface area contributed by atoms with Crippen LogP contribution >= 0.6 is 0 Å². The highest BCUT2D eigenvalue weighted by atomic mass is 16.2. The highest BCUT2D eigenvalue weighted by Gasteiger charge is 2.30. The number of nitrogens with one attached hydrogen (secondary N) is 1. The van der Waals surface area contributed by atoms with Crippen LogP contribution in [0.1, 0.15) is 40.7 Å². The van der Waals surface area contributed by atoms with Crippen molar-refractivity contribution in [3.63, 3.8) is 0 Å². The van der Waals surface area contributed by atoms with E-state index in [1.54, 1.807) is 17.2 Å². The van der Waals surface area contributed by atoms with Crippen LogP contribution in [-0.4, -0.2) is 47.3 Å². The molecule has 28 heavy (non-hydrogen) atoms. The maximum absolute atomic E-state index is 13.0. The van der Waals surface area contributed by atoms with Crippen molar-refractivity contribution in [2.45, 2.75) is 25.9 Å². The Morgan fingerprint density at radius 2 is 2.04 bits per heavy atom. The Hall–Kier alpha value is -3.55. The molecule has 4 heterocycles. The van der Waals surface area contributed by atoms with Crippen LogP contribution < -0.4 is 0 Å². The molecular weight excluding hydrogens is 354 g/mol. The SMILES string of the molecule is C[C@H]1CN(C(=O)c2ccc3cn[nH]c3n2)Cc2nnc(Cc3ccccc3)n21. The van der Waals surface area contributed by atoms with Gasteiger partial charge < -0.3 is 9.47 Å². The summed E-state index contributed by atoms with van der Waals surface area (Å²) in [7, 11) is 0. The minimum Gasteiger partial charge on any atom is -0.328 e. The Kier molecular flexibility index (Phi) is 3.89. The van der Waals surface area contributed by atoms with Gasteiger partial charge in [0.1, 0.15) is 11.5 Å². The predicted octanol–water partition coefficient (Wildman–Crippen LogP) is 2.36. The first-order valence-corrected chi connectivity index (χ1v) is 9.25. The second kappa shape index (κ2) is 6.56. The van der Waals surface area contributed by atoms with Gasteiger partial charge in [0.05, 0.1) is 18.8 Å². The molecule has 1 aliphatic rings. The molecule has 1 aromatic carbocycles. The Balaban J connectivity index is 1.40. The summed E-state index contributed by atoms with van der Waals surface area (Å²) in [6.45, 7) is 3.11. The van der Waals surface area contributed by atoms with Crippen LogP contribution in [0, 0.1) is 0 Å². The number of pyridine rings is 1. The first-order valence-electron chi connectivity index (χ1n) is 9.25. The van der Waals surface area contributed by atoms with E-state index in [9.17, 15) is 4.79 Å². The third kappa shape index (κ3) is 2.83. The normalized spacial score (nSPS) is 16.3. The van der Waals surface area contributed by atoms with Gasteiger partial charge in [0.2, 0.25) is 0 Å². The van der Waals surface area contributed by atoms with Gasteiger partial charge in [-0.2, -0.15) is 5.10 Å². The number of carbonyl (C=O) groups excluding carboxylic acids is 1. The van der Waals surface area contributed by atoms with E-state index in [1.807, 2.05) is 24.3 Å². The molecule has 1 amide bonds. The molecule has 0 fully saturated rings. The zero-order valence-electron chi connectivity index (χ0n) is 15.4. The van der Waals surface area contributed by atoms with Crippen molar-refractivity contribution < 1.29 is 4.79 Å². The van der Waals surface area contributed by atoms with E-state index in [-0.39, 0.29) is 11.9 Å². The quantitative estimate of drug-likeness (QED) is 0.595. The lowest BCUT2D eigenvalue weighted by Crippen LogP contribution is -2.41. The van der Waals surface area contributed by atoms with Crippen molar-refractivity contribution in [2.75, 3.05) is 6.54 Å². The molecule has 1 atom stereocenters. The van der Waals surface area contributed by atoms with Crippen molar-refractivity contribution in [1.29, 1.82) is 0 Å². The number of hydrogen-bond donors (Lipinski definition) is 1. The first-order chi connectivity index (χ1) is 13.7. The summed E-state index contributed by atoms with van der Waals surface area (Å²) in [5.41, 5.74) is 2.21. The van der Waals surface area contributed by atoms with Crippen molar-refractivity contribution in [1.82, 2.24) is 34.8 Å². The topological polar surface area (TPSA) is 92.6 Å². The van der Waals surface area contributed by atoms with Gasteiger partial charge in [-0.05, 0) is 24.6 Å². The number of fused-ring (bicyclic) bond motifs is 2. The van der Waals surface area contributed by atoms with Crippen molar-refractivity contribution in [3.8, 4) is 0 Å². The molecule has 3 aromatic heterocycles. The molecule has 8 nitrogen and oxygen atoms in total. The summed E-state index contributed by atoms with van der Waals surface area (Å²) in [5.74, 6) is 1.63. The number of H-pyrrole nitrogens is 1. The fraction of sp³-hybridized carbons (Fsp3) is 0.250. The van der Waals surface area contributed by atoms with E-state index in [0.717, 1.165) is 23.5 Å². The van der Waals surface area contributed by atoms with E-state index in [1.165, 1.54) is 5.56 Å². The molecular formula is C20H19N7O. The van der Waals surface area contributed by atoms with E-state index in [0.29, 0.717) is 24.4 Å². The molecule has 8 heteroatoms. The Morgan fingerprint density at radius 3 is 2.89 bits per heavy atom. The molecule has 0 radical (unpaired) electrons. The highest BCUT2D eigenvalue weighted by Crippen LogP contribution is 2.24. The van der Waals surface area contributed by atoms with Gasteiger partial charge in [-0.15, -0.1) is 10.2 Å². The molecule has 1 N–H and O–H groups in total. The molecule has 0 saturated carbocycles. The number of aromatic amines is 1. The number of rotatable bonds is 3. The summed E-state index contributed by atoms with van der Waals surface area (Å²) in [6, 6.07) is 13.9. The van der Waals surface area contributed by atoms with Crippen molar-refractivity contribution in [3.05, 3.63) is 71.6 Å². The lowest BCUT2D eigenvalue weighted by atomic mass is 10.1. The Morgan fingerprint density at radius 1 is 1.18 bits per heavy atom. The summed E-state index contributed by atoms with van der Waals surface area (Å²) < 4.78 is 2.16. The molecule has 0 bridgehead atoms. The second-order valence-electron chi connectivity index (χ2n) is 7.10. The molecule has 0 aliphatic carbocycles. The van der Waals surface area contributed by atoms with Crippen LogP contribution in [0.3, 0.4) is 0 Å². The van der Waals surface area contributed by atoms with Gasteiger partial charge in [-0.3, -0.25) is 9.89 Å². The number of aromatic nitrogens is 6. The lowest BCUT2D eigenvalue weighted by molar-refractivity contribution is 0.0674. The molecule has 0 saturated heterocycles. The number of hydrogen-bond acceptors (Lipinski definition) is 5. The summed E-state index contributed by atoms with van der Waals surface area (Å²) >= 11 is 0. The zero-order valence-corrected chi connectivity index (χ0v) is 15.4. The van der Waals surface area contributed by atoms with Gasteiger partial charge in [0, 0.05) is 18.4 Å². The number of carbonyl (C=O) groups is 1. The Labute approximate surface area is 161 Å². The van der Waals surface area contributed by atoms with E-state index in [4.69, 9.17) is 0 Å². The third-order valence-electron chi connectivity index (χ3n) is 5.11. The number of nitrogens with zero attached hydrogens (tertiary/aromatic N) is 6. The monoisotopic (exact) mass is 373 g/mol. The second-order valence-corrected chi connectivity index (χ2v) is 7.10. The van der Waals surface area contributed by atoms with E-state index < -0.39 is 0 Å². The predicted molar refractivity (Wildman–Crippen MR) is 103 cm³/mol. The van der Waals surface area contributed by atoms with Crippen LogP contribution in [0.2, 0.25) is 0 Å². The van der Waals surface area contributed by atoms with Gasteiger partial charge in [0.25, 0.3) is 5.91 Å². The minimum absolute atomic E-state index is 0.0947. The van der Waals surface area contributed by atoms with Gasteiger partial charge in [0.15, 0.2) is 11.5 Å². The largest absolute Gasteiger partial charge is 0.328 e.